The van der Waals surface area contributed by atoms with Crippen LogP contribution in [0.4, 0.5) is 0 Å². The Morgan fingerprint density at radius 2 is 2.05 bits per heavy atom. The number of benzene rings is 1. The van der Waals surface area contributed by atoms with Crippen LogP contribution in [-0.4, -0.2) is 7.11 Å². The third-order valence-corrected chi connectivity index (χ3v) is 5.37. The number of hydrogen-bond donors (Lipinski definition) is 0. The number of hydrogen-bond acceptors (Lipinski definition) is 1. The van der Waals surface area contributed by atoms with E-state index < -0.39 is 0 Å². The van der Waals surface area contributed by atoms with Crippen molar-refractivity contribution in [2.75, 3.05) is 7.11 Å². The fourth-order valence-corrected chi connectivity index (χ4v) is 3.72. The molecule has 0 spiro atoms. The van der Waals surface area contributed by atoms with Crippen molar-refractivity contribution in [2.45, 2.75) is 49.8 Å². The molecule has 1 aromatic carbocycles. The van der Waals surface area contributed by atoms with E-state index in [0.717, 1.165) is 11.7 Å². The highest BCUT2D eigenvalue weighted by atomic mass is 79.9. The standard InChI is InChI=1S/C16H22BrClO/c1-19-16-10-8-13(11-15(16)18)14(17)9-7-12-5-3-2-4-6-12/h8,10-12,14H,2-7,9H2,1H3. The van der Waals surface area contributed by atoms with Gasteiger partial charge in [0.25, 0.3) is 0 Å². The summed E-state index contributed by atoms with van der Waals surface area (Å²) < 4.78 is 5.19. The van der Waals surface area contributed by atoms with Gasteiger partial charge in [-0.05, 0) is 36.5 Å². The van der Waals surface area contributed by atoms with Gasteiger partial charge in [-0.2, -0.15) is 0 Å². The average molecular weight is 346 g/mol. The van der Waals surface area contributed by atoms with E-state index >= 15 is 0 Å². The maximum absolute atomic E-state index is 6.18. The third kappa shape index (κ3) is 4.39. The molecular formula is C16H22BrClO. The van der Waals surface area contributed by atoms with Crippen LogP contribution in [0.3, 0.4) is 0 Å². The molecule has 1 aliphatic rings. The third-order valence-electron chi connectivity index (χ3n) is 4.09. The summed E-state index contributed by atoms with van der Waals surface area (Å²) in [7, 11) is 1.65. The van der Waals surface area contributed by atoms with Crippen molar-refractivity contribution < 1.29 is 4.74 Å². The van der Waals surface area contributed by atoms with E-state index in [1.807, 2.05) is 12.1 Å². The summed E-state index contributed by atoms with van der Waals surface area (Å²) >= 11 is 9.97. The van der Waals surface area contributed by atoms with E-state index in [-0.39, 0.29) is 0 Å². The van der Waals surface area contributed by atoms with Crippen LogP contribution in [0.25, 0.3) is 0 Å². The van der Waals surface area contributed by atoms with E-state index in [1.165, 1.54) is 50.5 Å². The fraction of sp³-hybridized carbons (Fsp3) is 0.625. The molecule has 0 heterocycles. The van der Waals surface area contributed by atoms with Crippen LogP contribution in [0.5, 0.6) is 5.75 Å². The Bertz CT molecular complexity index is 402. The molecule has 3 heteroatoms. The largest absolute Gasteiger partial charge is 0.495 e. The number of rotatable bonds is 5. The van der Waals surface area contributed by atoms with Crippen LogP contribution in [0.1, 0.15) is 55.3 Å². The van der Waals surface area contributed by atoms with Gasteiger partial charge in [0.2, 0.25) is 0 Å². The monoisotopic (exact) mass is 344 g/mol. The van der Waals surface area contributed by atoms with Crippen molar-refractivity contribution >= 4 is 27.5 Å². The van der Waals surface area contributed by atoms with E-state index in [9.17, 15) is 0 Å². The second-order valence-corrected chi connectivity index (χ2v) is 6.96. The molecule has 19 heavy (non-hydrogen) atoms. The minimum absolute atomic E-state index is 0.401. The van der Waals surface area contributed by atoms with E-state index in [1.54, 1.807) is 7.11 Å². The molecule has 1 nitrogen and oxygen atoms in total. The predicted molar refractivity (Wildman–Crippen MR) is 85.5 cm³/mol. The summed E-state index contributed by atoms with van der Waals surface area (Å²) in [6.45, 7) is 0. The normalized spacial score (nSPS) is 18.3. The molecule has 1 aliphatic carbocycles. The summed E-state index contributed by atoms with van der Waals surface area (Å²) in [5.74, 6) is 1.68. The van der Waals surface area contributed by atoms with Gasteiger partial charge in [0.05, 0.1) is 12.1 Å². The molecule has 1 aromatic rings. The van der Waals surface area contributed by atoms with Crippen LogP contribution >= 0.6 is 27.5 Å². The van der Waals surface area contributed by atoms with Gasteiger partial charge in [0.1, 0.15) is 5.75 Å². The molecule has 1 saturated carbocycles. The molecule has 106 valence electrons. The summed E-state index contributed by atoms with van der Waals surface area (Å²) in [6, 6.07) is 6.07. The van der Waals surface area contributed by atoms with E-state index in [2.05, 4.69) is 22.0 Å². The first-order chi connectivity index (χ1) is 9.20. The van der Waals surface area contributed by atoms with Crippen LogP contribution in [0, 0.1) is 5.92 Å². The van der Waals surface area contributed by atoms with Crippen molar-refractivity contribution in [3.63, 3.8) is 0 Å². The molecule has 1 unspecified atom stereocenters. The van der Waals surface area contributed by atoms with Crippen molar-refractivity contribution in [1.82, 2.24) is 0 Å². The zero-order chi connectivity index (χ0) is 13.7. The summed E-state index contributed by atoms with van der Waals surface area (Å²) in [4.78, 5) is 0.401. The Morgan fingerprint density at radius 3 is 2.68 bits per heavy atom. The van der Waals surface area contributed by atoms with Gasteiger partial charge in [-0.1, -0.05) is 65.7 Å². The molecule has 0 aromatic heterocycles. The fourth-order valence-electron chi connectivity index (χ4n) is 2.90. The molecule has 0 aliphatic heterocycles. The van der Waals surface area contributed by atoms with Gasteiger partial charge in [-0.15, -0.1) is 0 Å². The summed E-state index contributed by atoms with van der Waals surface area (Å²) in [5, 5.41) is 0.696. The Balaban J connectivity index is 1.88. The first kappa shape index (κ1) is 15.2. The van der Waals surface area contributed by atoms with Crippen LogP contribution in [0.2, 0.25) is 5.02 Å². The molecule has 1 atom stereocenters. The van der Waals surface area contributed by atoms with Gasteiger partial charge in [0.15, 0.2) is 0 Å². The van der Waals surface area contributed by atoms with Gasteiger partial charge in [-0.3, -0.25) is 0 Å². The van der Waals surface area contributed by atoms with Gasteiger partial charge in [0, 0.05) is 4.83 Å². The SMILES string of the molecule is COc1ccc(C(Br)CCC2CCCCC2)cc1Cl. The minimum Gasteiger partial charge on any atom is -0.495 e. The van der Waals surface area contributed by atoms with Crippen LogP contribution < -0.4 is 4.74 Å². The number of alkyl halides is 1. The Kier molecular flexibility index (Phi) is 6.03. The topological polar surface area (TPSA) is 9.23 Å². The van der Waals surface area contributed by atoms with Crippen molar-refractivity contribution in [3.05, 3.63) is 28.8 Å². The molecule has 0 amide bonds. The molecule has 2 rings (SSSR count). The number of ether oxygens (including phenoxy) is 1. The van der Waals surface area contributed by atoms with E-state index in [4.69, 9.17) is 16.3 Å². The highest BCUT2D eigenvalue weighted by Crippen LogP contribution is 2.36. The lowest BCUT2D eigenvalue weighted by Gasteiger charge is -2.22. The second kappa shape index (κ2) is 7.54. The molecule has 0 radical (unpaired) electrons. The lowest BCUT2D eigenvalue weighted by Crippen LogP contribution is -2.07. The minimum atomic E-state index is 0.401. The van der Waals surface area contributed by atoms with Crippen molar-refractivity contribution in [3.8, 4) is 5.75 Å². The van der Waals surface area contributed by atoms with Gasteiger partial charge in [-0.25, -0.2) is 0 Å². The summed E-state index contributed by atoms with van der Waals surface area (Å²) in [6.07, 6.45) is 9.62. The Hall–Kier alpha value is -0.210. The molecular weight excluding hydrogens is 324 g/mol. The maximum atomic E-state index is 6.18. The molecule has 0 saturated heterocycles. The molecule has 0 bridgehead atoms. The molecule has 1 fully saturated rings. The quantitative estimate of drug-likeness (QED) is 0.582. The maximum Gasteiger partial charge on any atom is 0.137 e. The average Bonchev–Trinajstić information content (AvgIpc) is 2.45. The number of methoxy groups -OCH3 is 1. The Morgan fingerprint density at radius 1 is 1.32 bits per heavy atom. The zero-order valence-corrected chi connectivity index (χ0v) is 13.8. The smallest absolute Gasteiger partial charge is 0.137 e. The van der Waals surface area contributed by atoms with Crippen molar-refractivity contribution in [2.24, 2.45) is 5.92 Å². The lowest BCUT2D eigenvalue weighted by atomic mass is 9.85. The van der Waals surface area contributed by atoms with E-state index in [0.29, 0.717) is 9.85 Å². The van der Waals surface area contributed by atoms with Gasteiger partial charge < -0.3 is 4.74 Å². The number of halogens is 2. The lowest BCUT2D eigenvalue weighted by molar-refractivity contribution is 0.332. The highest BCUT2D eigenvalue weighted by molar-refractivity contribution is 9.09. The van der Waals surface area contributed by atoms with Crippen LogP contribution in [0.15, 0.2) is 18.2 Å². The second-order valence-electron chi connectivity index (χ2n) is 5.44. The Labute approximate surface area is 129 Å². The first-order valence-electron chi connectivity index (χ1n) is 7.18. The summed E-state index contributed by atoms with van der Waals surface area (Å²) in [5.41, 5.74) is 1.25. The molecule has 0 N–H and O–H groups in total. The predicted octanol–water partition coefficient (Wildman–Crippen LogP) is 6.15. The highest BCUT2D eigenvalue weighted by Gasteiger charge is 2.16. The first-order valence-corrected chi connectivity index (χ1v) is 8.47. The van der Waals surface area contributed by atoms with Gasteiger partial charge >= 0.3 is 0 Å². The van der Waals surface area contributed by atoms with Crippen molar-refractivity contribution in [1.29, 1.82) is 0 Å². The zero-order valence-electron chi connectivity index (χ0n) is 11.5. The van der Waals surface area contributed by atoms with Crippen LogP contribution in [-0.2, 0) is 0 Å².